The topological polar surface area (TPSA) is 41.1 Å². The lowest BCUT2D eigenvalue weighted by molar-refractivity contribution is -0.117. The second-order valence-corrected chi connectivity index (χ2v) is 5.05. The number of amides is 1. The molecule has 0 fully saturated rings. The van der Waals surface area contributed by atoms with E-state index in [2.05, 4.69) is 40.4 Å². The van der Waals surface area contributed by atoms with Crippen LogP contribution >= 0.6 is 15.9 Å². The number of rotatable bonds is 3. The molecule has 0 radical (unpaired) electrons. The molecular weight excluding hydrogens is 268 g/mol. The second kappa shape index (κ2) is 4.55. The molecule has 0 saturated heterocycles. The van der Waals surface area contributed by atoms with Crippen LogP contribution in [0.2, 0.25) is 0 Å². The number of carbonyl (C=O) groups excluding carboxylic acids is 1. The number of anilines is 1. The summed E-state index contributed by atoms with van der Waals surface area (Å²) in [5.74, 6) is 0.0356. The van der Waals surface area contributed by atoms with Gasteiger partial charge in [-0.05, 0) is 31.5 Å². The molecule has 0 aliphatic carbocycles. The van der Waals surface area contributed by atoms with Gasteiger partial charge in [-0.1, -0.05) is 22.9 Å². The van der Waals surface area contributed by atoms with Gasteiger partial charge >= 0.3 is 0 Å². The normalized spacial score (nSPS) is 20.4. The first kappa shape index (κ1) is 11.6. The van der Waals surface area contributed by atoms with Crippen molar-refractivity contribution in [2.75, 3.05) is 5.32 Å². The van der Waals surface area contributed by atoms with E-state index in [1.807, 2.05) is 18.2 Å². The molecule has 2 unspecified atom stereocenters. The van der Waals surface area contributed by atoms with Crippen LogP contribution in [0.5, 0.6) is 0 Å². The maximum atomic E-state index is 11.8. The molecule has 2 N–H and O–H groups in total. The predicted octanol–water partition coefficient (Wildman–Crippen LogP) is 2.83. The molecule has 2 rings (SSSR count). The maximum absolute atomic E-state index is 11.8. The van der Waals surface area contributed by atoms with Gasteiger partial charge < -0.3 is 5.32 Å². The molecular formula is C12H15BrN2O. The fraction of sp³-hybridized carbons (Fsp3) is 0.417. The van der Waals surface area contributed by atoms with Crippen molar-refractivity contribution in [1.82, 2.24) is 5.32 Å². The summed E-state index contributed by atoms with van der Waals surface area (Å²) in [5, 5.41) is 6.21. The molecule has 16 heavy (non-hydrogen) atoms. The average molecular weight is 283 g/mol. The van der Waals surface area contributed by atoms with E-state index in [0.29, 0.717) is 6.04 Å². The van der Waals surface area contributed by atoms with Crippen LogP contribution in [0.4, 0.5) is 5.69 Å². The highest BCUT2D eigenvalue weighted by molar-refractivity contribution is 9.10. The molecule has 0 aromatic heterocycles. The summed E-state index contributed by atoms with van der Waals surface area (Å²) >= 11 is 3.43. The Bertz CT molecular complexity index is 419. The van der Waals surface area contributed by atoms with E-state index in [1.165, 1.54) is 0 Å². The summed E-state index contributed by atoms with van der Waals surface area (Å²) in [6.07, 6.45) is 1.01. The van der Waals surface area contributed by atoms with Crippen LogP contribution in [0.25, 0.3) is 0 Å². The SMILES string of the molecule is CCC(C)NC1C(=O)Nc2ccc(Br)cc21. The molecule has 1 amide bonds. The summed E-state index contributed by atoms with van der Waals surface area (Å²) in [5.41, 5.74) is 1.94. The van der Waals surface area contributed by atoms with Crippen LogP contribution in [-0.2, 0) is 4.79 Å². The first-order chi connectivity index (χ1) is 7.61. The molecule has 1 aromatic carbocycles. The molecule has 1 aromatic rings. The fourth-order valence-electron chi connectivity index (χ4n) is 1.80. The lowest BCUT2D eigenvalue weighted by atomic mass is 10.1. The molecule has 86 valence electrons. The van der Waals surface area contributed by atoms with E-state index in [4.69, 9.17) is 0 Å². The zero-order valence-corrected chi connectivity index (χ0v) is 11.0. The van der Waals surface area contributed by atoms with Gasteiger partial charge in [0, 0.05) is 21.8 Å². The standard InChI is InChI=1S/C12H15BrN2O/c1-3-7(2)14-11-9-6-8(13)4-5-10(9)15-12(11)16/h4-7,11,14H,3H2,1-2H3,(H,15,16). The smallest absolute Gasteiger partial charge is 0.246 e. The first-order valence-corrected chi connectivity index (χ1v) is 6.27. The number of hydrogen-bond acceptors (Lipinski definition) is 2. The molecule has 1 aliphatic rings. The van der Waals surface area contributed by atoms with E-state index in [0.717, 1.165) is 22.1 Å². The predicted molar refractivity (Wildman–Crippen MR) is 68.4 cm³/mol. The van der Waals surface area contributed by atoms with Crippen LogP contribution in [0.15, 0.2) is 22.7 Å². The zero-order chi connectivity index (χ0) is 11.7. The molecule has 1 heterocycles. The van der Waals surface area contributed by atoms with Crippen LogP contribution in [-0.4, -0.2) is 11.9 Å². The lowest BCUT2D eigenvalue weighted by Gasteiger charge is -2.16. The second-order valence-electron chi connectivity index (χ2n) is 4.13. The van der Waals surface area contributed by atoms with Gasteiger partial charge in [0.25, 0.3) is 0 Å². The van der Waals surface area contributed by atoms with Crippen molar-refractivity contribution in [3.05, 3.63) is 28.2 Å². The number of hydrogen-bond donors (Lipinski definition) is 2. The highest BCUT2D eigenvalue weighted by Gasteiger charge is 2.30. The number of fused-ring (bicyclic) bond motifs is 1. The summed E-state index contributed by atoms with van der Waals surface area (Å²) in [7, 11) is 0. The van der Waals surface area contributed by atoms with E-state index in [9.17, 15) is 4.79 Å². The van der Waals surface area contributed by atoms with Gasteiger partial charge in [0.1, 0.15) is 6.04 Å². The van der Waals surface area contributed by atoms with Gasteiger partial charge in [0.15, 0.2) is 0 Å². The number of benzene rings is 1. The van der Waals surface area contributed by atoms with Crippen LogP contribution in [0, 0.1) is 0 Å². The third kappa shape index (κ3) is 2.13. The Morgan fingerprint density at radius 1 is 1.56 bits per heavy atom. The van der Waals surface area contributed by atoms with E-state index < -0.39 is 0 Å². The van der Waals surface area contributed by atoms with Crippen molar-refractivity contribution >= 4 is 27.5 Å². The summed E-state index contributed by atoms with van der Waals surface area (Å²) in [4.78, 5) is 11.8. The minimum Gasteiger partial charge on any atom is -0.324 e. The molecule has 2 atom stereocenters. The monoisotopic (exact) mass is 282 g/mol. The number of carbonyl (C=O) groups is 1. The third-order valence-electron chi connectivity index (χ3n) is 2.91. The zero-order valence-electron chi connectivity index (χ0n) is 9.38. The Morgan fingerprint density at radius 3 is 3.00 bits per heavy atom. The molecule has 0 spiro atoms. The van der Waals surface area contributed by atoms with Crippen LogP contribution in [0.1, 0.15) is 31.9 Å². The van der Waals surface area contributed by atoms with Gasteiger partial charge in [-0.3, -0.25) is 10.1 Å². The lowest BCUT2D eigenvalue weighted by Crippen LogP contribution is -2.34. The Kier molecular flexibility index (Phi) is 3.30. The van der Waals surface area contributed by atoms with Gasteiger partial charge in [0.05, 0.1) is 0 Å². The fourth-order valence-corrected chi connectivity index (χ4v) is 2.18. The van der Waals surface area contributed by atoms with Crippen molar-refractivity contribution in [3.8, 4) is 0 Å². The van der Waals surface area contributed by atoms with Crippen molar-refractivity contribution < 1.29 is 4.79 Å². The highest BCUT2D eigenvalue weighted by atomic mass is 79.9. The van der Waals surface area contributed by atoms with E-state index in [1.54, 1.807) is 0 Å². The van der Waals surface area contributed by atoms with Gasteiger partial charge in [-0.2, -0.15) is 0 Å². The summed E-state index contributed by atoms with van der Waals surface area (Å²) < 4.78 is 0.999. The first-order valence-electron chi connectivity index (χ1n) is 5.48. The van der Waals surface area contributed by atoms with Crippen LogP contribution < -0.4 is 10.6 Å². The Balaban J connectivity index is 2.28. The Hall–Kier alpha value is -0.870. The molecule has 0 bridgehead atoms. The number of nitrogens with one attached hydrogen (secondary N) is 2. The van der Waals surface area contributed by atoms with Crippen molar-refractivity contribution in [2.24, 2.45) is 0 Å². The largest absolute Gasteiger partial charge is 0.324 e. The Labute approximate surface area is 104 Å². The van der Waals surface area contributed by atoms with Gasteiger partial charge in [-0.25, -0.2) is 0 Å². The molecule has 1 aliphatic heterocycles. The minimum atomic E-state index is -0.220. The molecule has 0 saturated carbocycles. The number of halogens is 1. The molecule has 4 heteroatoms. The molecule has 3 nitrogen and oxygen atoms in total. The van der Waals surface area contributed by atoms with Crippen molar-refractivity contribution in [1.29, 1.82) is 0 Å². The maximum Gasteiger partial charge on any atom is 0.246 e. The van der Waals surface area contributed by atoms with Gasteiger partial charge in [-0.15, -0.1) is 0 Å². The van der Waals surface area contributed by atoms with E-state index >= 15 is 0 Å². The Morgan fingerprint density at radius 2 is 2.31 bits per heavy atom. The summed E-state index contributed by atoms with van der Waals surface area (Å²) in [6, 6.07) is 5.97. The van der Waals surface area contributed by atoms with Crippen LogP contribution in [0.3, 0.4) is 0 Å². The minimum absolute atomic E-state index is 0.0356. The quantitative estimate of drug-likeness (QED) is 0.895. The highest BCUT2D eigenvalue weighted by Crippen LogP contribution is 2.33. The summed E-state index contributed by atoms with van der Waals surface area (Å²) in [6.45, 7) is 4.19. The van der Waals surface area contributed by atoms with Gasteiger partial charge in [0.2, 0.25) is 5.91 Å². The van der Waals surface area contributed by atoms with E-state index in [-0.39, 0.29) is 11.9 Å². The van der Waals surface area contributed by atoms with Crippen molar-refractivity contribution in [2.45, 2.75) is 32.4 Å². The third-order valence-corrected chi connectivity index (χ3v) is 3.40. The van der Waals surface area contributed by atoms with Crippen molar-refractivity contribution in [3.63, 3.8) is 0 Å². The average Bonchev–Trinajstić information content (AvgIpc) is 2.55.